The number of thiophene rings is 1. The largest absolute Gasteiger partial charge is 0.481 e. The van der Waals surface area contributed by atoms with Crippen LogP contribution in [-0.2, 0) is 11.3 Å². The fourth-order valence-electron chi connectivity index (χ4n) is 2.03. The number of ether oxygens (including phenoxy) is 1. The molecule has 1 N–H and O–H groups in total. The molecule has 0 unspecified atom stereocenters. The fraction of sp³-hybridized carbons (Fsp3) is 0.143. The van der Waals surface area contributed by atoms with Gasteiger partial charge in [0.2, 0.25) is 5.90 Å². The zero-order valence-electron chi connectivity index (χ0n) is 10.5. The summed E-state index contributed by atoms with van der Waals surface area (Å²) in [6.45, 7) is 0.789. The lowest BCUT2D eigenvalue weighted by Gasteiger charge is -2.02. The van der Waals surface area contributed by atoms with Crippen LogP contribution in [0.15, 0.2) is 42.2 Å². The number of nitrogens with one attached hydrogen (secondary N) is 1. The number of aromatic nitrogens is 2. The Morgan fingerprint density at radius 2 is 2.37 bits per heavy atom. The van der Waals surface area contributed by atoms with E-state index in [1.54, 1.807) is 17.5 Å². The Hall–Kier alpha value is -2.14. The summed E-state index contributed by atoms with van der Waals surface area (Å²) in [6.07, 6.45) is 5.74. The van der Waals surface area contributed by atoms with Crippen molar-refractivity contribution in [1.29, 1.82) is 5.41 Å². The first-order chi connectivity index (χ1) is 9.28. The van der Waals surface area contributed by atoms with Crippen molar-refractivity contribution in [3.8, 4) is 0 Å². The van der Waals surface area contributed by atoms with E-state index < -0.39 is 0 Å². The molecule has 0 saturated heterocycles. The molecule has 0 bridgehead atoms. The number of hydrogen-bond donors (Lipinski definition) is 1. The monoisotopic (exact) mass is 271 g/mol. The number of pyridine rings is 1. The maximum atomic E-state index is 7.64. The Morgan fingerprint density at radius 3 is 3.21 bits per heavy atom. The van der Waals surface area contributed by atoms with Gasteiger partial charge in [-0.15, -0.1) is 11.3 Å². The van der Waals surface area contributed by atoms with Gasteiger partial charge in [-0.2, -0.15) is 0 Å². The standard InChI is InChI=1S/C14H13N3OS/c1-18-14(15)11-6-12(19-9-11)8-17-5-3-10-2-4-16-7-13(10)17/h2-7,9,15H,8H2,1H3. The quantitative estimate of drug-likeness (QED) is 0.588. The van der Waals surface area contributed by atoms with Crippen molar-refractivity contribution in [3.05, 3.63) is 52.6 Å². The Morgan fingerprint density at radius 1 is 1.47 bits per heavy atom. The van der Waals surface area contributed by atoms with Gasteiger partial charge in [-0.05, 0) is 18.2 Å². The molecule has 0 atom stereocenters. The lowest BCUT2D eigenvalue weighted by Crippen LogP contribution is -1.99. The Balaban J connectivity index is 1.89. The topological polar surface area (TPSA) is 50.9 Å². The van der Waals surface area contributed by atoms with Crippen molar-refractivity contribution in [2.45, 2.75) is 6.54 Å². The molecule has 0 aromatic carbocycles. The molecule has 0 amide bonds. The summed E-state index contributed by atoms with van der Waals surface area (Å²) >= 11 is 1.64. The van der Waals surface area contributed by atoms with E-state index in [-0.39, 0.29) is 5.90 Å². The summed E-state index contributed by atoms with van der Waals surface area (Å²) < 4.78 is 7.09. The van der Waals surface area contributed by atoms with Gasteiger partial charge in [-0.1, -0.05) is 0 Å². The second-order valence-corrected chi connectivity index (χ2v) is 5.21. The Bertz CT molecular complexity index is 729. The van der Waals surface area contributed by atoms with Crippen LogP contribution in [0.5, 0.6) is 0 Å². The molecule has 3 heterocycles. The highest BCUT2D eigenvalue weighted by Crippen LogP contribution is 2.20. The molecule has 96 valence electrons. The molecule has 3 rings (SSSR count). The maximum absolute atomic E-state index is 7.64. The second-order valence-electron chi connectivity index (χ2n) is 4.21. The van der Waals surface area contributed by atoms with E-state index in [1.165, 1.54) is 17.4 Å². The first-order valence-electron chi connectivity index (χ1n) is 5.87. The van der Waals surface area contributed by atoms with E-state index in [0.29, 0.717) is 0 Å². The average Bonchev–Trinajstić information content (AvgIpc) is 3.06. The van der Waals surface area contributed by atoms with Gasteiger partial charge in [0, 0.05) is 33.6 Å². The number of rotatable bonds is 3. The van der Waals surface area contributed by atoms with Crippen LogP contribution in [0, 0.1) is 5.41 Å². The number of fused-ring (bicyclic) bond motifs is 1. The van der Waals surface area contributed by atoms with Gasteiger partial charge in [0.25, 0.3) is 0 Å². The molecule has 0 aliphatic rings. The molecule has 0 fully saturated rings. The number of nitrogens with zero attached hydrogens (tertiary/aromatic N) is 2. The van der Waals surface area contributed by atoms with Gasteiger partial charge in [-0.3, -0.25) is 10.4 Å². The van der Waals surface area contributed by atoms with Crippen LogP contribution in [0.25, 0.3) is 10.9 Å². The maximum Gasteiger partial charge on any atom is 0.213 e. The van der Waals surface area contributed by atoms with Crippen molar-refractivity contribution >= 4 is 28.1 Å². The van der Waals surface area contributed by atoms with Gasteiger partial charge in [0.1, 0.15) is 0 Å². The van der Waals surface area contributed by atoms with Crippen LogP contribution >= 0.6 is 11.3 Å². The molecule has 0 spiro atoms. The molecule has 0 aliphatic carbocycles. The minimum atomic E-state index is 0.210. The highest BCUT2D eigenvalue weighted by molar-refractivity contribution is 7.10. The van der Waals surface area contributed by atoms with E-state index in [9.17, 15) is 0 Å². The second kappa shape index (κ2) is 4.85. The summed E-state index contributed by atoms with van der Waals surface area (Å²) in [7, 11) is 1.52. The number of hydrogen-bond acceptors (Lipinski definition) is 4. The highest BCUT2D eigenvalue weighted by atomic mass is 32.1. The molecule has 0 saturated carbocycles. The van der Waals surface area contributed by atoms with Crippen LogP contribution in [0.4, 0.5) is 0 Å². The summed E-state index contributed by atoms with van der Waals surface area (Å²) in [5.74, 6) is 0.210. The number of methoxy groups -OCH3 is 1. The summed E-state index contributed by atoms with van der Waals surface area (Å²) in [6, 6.07) is 6.09. The zero-order chi connectivity index (χ0) is 13.2. The lowest BCUT2D eigenvalue weighted by atomic mass is 10.3. The lowest BCUT2D eigenvalue weighted by molar-refractivity contribution is 0.401. The minimum Gasteiger partial charge on any atom is -0.481 e. The van der Waals surface area contributed by atoms with Crippen molar-refractivity contribution in [2.24, 2.45) is 0 Å². The van der Waals surface area contributed by atoms with Gasteiger partial charge in [0.15, 0.2) is 0 Å². The van der Waals surface area contributed by atoms with Crippen molar-refractivity contribution in [2.75, 3.05) is 7.11 Å². The molecule has 0 aliphatic heterocycles. The summed E-state index contributed by atoms with van der Waals surface area (Å²) in [5.41, 5.74) is 1.95. The first kappa shape index (κ1) is 11.9. The average molecular weight is 271 g/mol. The Kier molecular flexibility index (Phi) is 3.05. The molecule has 19 heavy (non-hydrogen) atoms. The van der Waals surface area contributed by atoms with E-state index >= 15 is 0 Å². The van der Waals surface area contributed by atoms with Crippen LogP contribution < -0.4 is 0 Å². The van der Waals surface area contributed by atoms with E-state index in [1.807, 2.05) is 23.7 Å². The van der Waals surface area contributed by atoms with Crippen molar-refractivity contribution in [3.63, 3.8) is 0 Å². The third-order valence-electron chi connectivity index (χ3n) is 3.02. The van der Waals surface area contributed by atoms with E-state index in [0.717, 1.165) is 17.6 Å². The molecule has 5 heteroatoms. The minimum absolute atomic E-state index is 0.210. The third kappa shape index (κ3) is 2.24. The van der Waals surface area contributed by atoms with Gasteiger partial charge in [-0.25, -0.2) is 0 Å². The van der Waals surface area contributed by atoms with Crippen LogP contribution in [0.3, 0.4) is 0 Å². The molecule has 0 radical (unpaired) electrons. The van der Waals surface area contributed by atoms with Crippen molar-refractivity contribution in [1.82, 2.24) is 9.55 Å². The SMILES string of the molecule is COC(=N)c1csc(Cn2ccc3ccncc32)c1. The molecule has 3 aromatic rings. The first-order valence-corrected chi connectivity index (χ1v) is 6.75. The Labute approximate surface area is 114 Å². The molecular weight excluding hydrogens is 258 g/mol. The van der Waals surface area contributed by atoms with Crippen LogP contribution in [-0.4, -0.2) is 22.6 Å². The molecule has 3 aromatic heterocycles. The zero-order valence-corrected chi connectivity index (χ0v) is 11.3. The van der Waals surface area contributed by atoms with Gasteiger partial charge in [0.05, 0.1) is 25.4 Å². The fourth-order valence-corrected chi connectivity index (χ4v) is 2.90. The van der Waals surface area contributed by atoms with Crippen LogP contribution in [0.1, 0.15) is 10.4 Å². The summed E-state index contributed by atoms with van der Waals surface area (Å²) in [4.78, 5) is 5.36. The predicted octanol–water partition coefficient (Wildman–Crippen LogP) is 3.12. The van der Waals surface area contributed by atoms with E-state index in [4.69, 9.17) is 10.1 Å². The van der Waals surface area contributed by atoms with Gasteiger partial charge < -0.3 is 9.30 Å². The predicted molar refractivity (Wildman–Crippen MR) is 77.0 cm³/mol. The third-order valence-corrected chi connectivity index (χ3v) is 3.94. The summed E-state index contributed by atoms with van der Waals surface area (Å²) in [5, 5.41) is 10.8. The molecule has 4 nitrogen and oxygen atoms in total. The van der Waals surface area contributed by atoms with Crippen LogP contribution in [0.2, 0.25) is 0 Å². The molecular formula is C14H13N3OS. The smallest absolute Gasteiger partial charge is 0.213 e. The normalized spacial score (nSPS) is 10.8. The van der Waals surface area contributed by atoms with Gasteiger partial charge >= 0.3 is 0 Å². The van der Waals surface area contributed by atoms with Crippen molar-refractivity contribution < 1.29 is 4.74 Å². The van der Waals surface area contributed by atoms with E-state index in [2.05, 4.69) is 21.8 Å². The highest BCUT2D eigenvalue weighted by Gasteiger charge is 2.07.